The summed E-state index contributed by atoms with van der Waals surface area (Å²) in [5, 5.41) is 13.6. The molecule has 2 aromatic carbocycles. The van der Waals surface area contributed by atoms with E-state index < -0.39 is 11.9 Å². The van der Waals surface area contributed by atoms with Gasteiger partial charge in [-0.3, -0.25) is 14.6 Å². The lowest BCUT2D eigenvalue weighted by Crippen LogP contribution is -2.30. The molecule has 12 heteroatoms. The third-order valence-corrected chi connectivity index (χ3v) is 5.38. The zero-order valence-electron chi connectivity index (χ0n) is 21.3. The standard InChI is InChI=1S/C25H30N6O6/c1-26-14-19(16-7-6-8-17(13-16)34-2)28-25(33)20-15-31(30-29-20)12-11-27-24(32)18-9-10-21(35-3)23(37-5)22(18)36-4/h6-10,13-15,19H,11-12H2,1-5H3,(H,27,32)(H,28,33). The summed E-state index contributed by atoms with van der Waals surface area (Å²) >= 11 is 0. The molecule has 0 bridgehead atoms. The first-order valence-corrected chi connectivity index (χ1v) is 11.3. The monoisotopic (exact) mass is 510 g/mol. The van der Waals surface area contributed by atoms with Crippen LogP contribution in [0, 0.1) is 0 Å². The molecule has 0 aliphatic rings. The van der Waals surface area contributed by atoms with Crippen LogP contribution in [0.5, 0.6) is 23.0 Å². The molecule has 3 rings (SSSR count). The number of ether oxygens (including phenoxy) is 4. The second kappa shape index (κ2) is 12.9. The fourth-order valence-electron chi connectivity index (χ4n) is 3.58. The van der Waals surface area contributed by atoms with Crippen LogP contribution < -0.4 is 29.6 Å². The Bertz CT molecular complexity index is 1260. The van der Waals surface area contributed by atoms with Gasteiger partial charge >= 0.3 is 0 Å². The predicted octanol–water partition coefficient (Wildman–Crippen LogP) is 1.91. The molecule has 0 saturated carbocycles. The van der Waals surface area contributed by atoms with Crippen molar-refractivity contribution in [2.24, 2.45) is 4.99 Å². The van der Waals surface area contributed by atoms with Crippen molar-refractivity contribution in [1.82, 2.24) is 25.6 Å². The van der Waals surface area contributed by atoms with Gasteiger partial charge in [-0.05, 0) is 29.8 Å². The van der Waals surface area contributed by atoms with Crippen molar-refractivity contribution in [2.75, 3.05) is 42.0 Å². The minimum absolute atomic E-state index is 0.130. The summed E-state index contributed by atoms with van der Waals surface area (Å²) in [7, 11) is 7.61. The van der Waals surface area contributed by atoms with Gasteiger partial charge in [0.05, 0.1) is 52.8 Å². The van der Waals surface area contributed by atoms with Gasteiger partial charge in [0.2, 0.25) is 5.75 Å². The maximum absolute atomic E-state index is 12.8. The van der Waals surface area contributed by atoms with Crippen molar-refractivity contribution in [1.29, 1.82) is 0 Å². The van der Waals surface area contributed by atoms with Crippen molar-refractivity contribution in [3.63, 3.8) is 0 Å². The van der Waals surface area contributed by atoms with Crippen LogP contribution in [0.2, 0.25) is 0 Å². The van der Waals surface area contributed by atoms with Crippen molar-refractivity contribution >= 4 is 18.0 Å². The average Bonchev–Trinajstić information content (AvgIpc) is 3.40. The molecular formula is C25H30N6O6. The quantitative estimate of drug-likeness (QED) is 0.353. The van der Waals surface area contributed by atoms with Gasteiger partial charge in [-0.2, -0.15) is 0 Å². The van der Waals surface area contributed by atoms with Crippen LogP contribution in [-0.2, 0) is 6.54 Å². The van der Waals surface area contributed by atoms with E-state index in [4.69, 9.17) is 18.9 Å². The number of methoxy groups -OCH3 is 4. The smallest absolute Gasteiger partial charge is 0.274 e. The van der Waals surface area contributed by atoms with E-state index in [-0.39, 0.29) is 30.4 Å². The molecular weight excluding hydrogens is 480 g/mol. The first kappa shape index (κ1) is 27.0. The van der Waals surface area contributed by atoms with Crippen molar-refractivity contribution in [2.45, 2.75) is 12.6 Å². The molecule has 0 aliphatic carbocycles. The number of aliphatic imine (C=N–C) groups is 1. The number of hydrogen-bond donors (Lipinski definition) is 2. The largest absolute Gasteiger partial charge is 0.497 e. The van der Waals surface area contributed by atoms with Gasteiger partial charge in [-0.25, -0.2) is 4.68 Å². The fourth-order valence-corrected chi connectivity index (χ4v) is 3.58. The van der Waals surface area contributed by atoms with Crippen LogP contribution in [0.4, 0.5) is 0 Å². The first-order valence-electron chi connectivity index (χ1n) is 11.3. The Balaban J connectivity index is 1.61. The van der Waals surface area contributed by atoms with E-state index in [1.807, 2.05) is 24.3 Å². The minimum atomic E-state index is -0.478. The normalized spacial score (nSPS) is 11.6. The number of rotatable bonds is 12. The molecule has 196 valence electrons. The highest BCUT2D eigenvalue weighted by atomic mass is 16.5. The third-order valence-electron chi connectivity index (χ3n) is 5.38. The summed E-state index contributed by atoms with van der Waals surface area (Å²) in [6.07, 6.45) is 3.12. The number of hydrogen-bond acceptors (Lipinski definition) is 9. The lowest BCUT2D eigenvalue weighted by atomic mass is 10.1. The van der Waals surface area contributed by atoms with Crippen LogP contribution in [0.15, 0.2) is 47.6 Å². The van der Waals surface area contributed by atoms with E-state index in [9.17, 15) is 9.59 Å². The van der Waals surface area contributed by atoms with E-state index in [0.717, 1.165) is 5.56 Å². The number of carbonyl (C=O) groups is 2. The number of carbonyl (C=O) groups excluding carboxylic acids is 2. The summed E-state index contributed by atoms with van der Waals surface area (Å²) in [6.45, 7) is 0.521. The molecule has 2 N–H and O–H groups in total. The molecule has 2 amide bonds. The number of benzene rings is 2. The summed E-state index contributed by atoms with van der Waals surface area (Å²) in [4.78, 5) is 29.6. The van der Waals surface area contributed by atoms with Crippen LogP contribution in [0.3, 0.4) is 0 Å². The maximum Gasteiger partial charge on any atom is 0.274 e. The summed E-state index contributed by atoms with van der Waals surface area (Å²) < 4.78 is 22.7. The lowest BCUT2D eigenvalue weighted by molar-refractivity contribution is 0.0935. The summed E-state index contributed by atoms with van der Waals surface area (Å²) in [5.74, 6) is 0.919. The molecule has 0 aliphatic heterocycles. The highest BCUT2D eigenvalue weighted by Crippen LogP contribution is 2.39. The van der Waals surface area contributed by atoms with Crippen molar-refractivity contribution in [3.05, 3.63) is 59.4 Å². The minimum Gasteiger partial charge on any atom is -0.497 e. The molecule has 0 fully saturated rings. The van der Waals surface area contributed by atoms with Crippen molar-refractivity contribution in [3.8, 4) is 23.0 Å². The predicted molar refractivity (Wildman–Crippen MR) is 136 cm³/mol. The van der Waals surface area contributed by atoms with Gasteiger partial charge in [-0.1, -0.05) is 17.3 Å². The topological polar surface area (TPSA) is 138 Å². The van der Waals surface area contributed by atoms with Crippen LogP contribution in [0.25, 0.3) is 0 Å². The Morgan fingerprint density at radius 1 is 1.03 bits per heavy atom. The molecule has 12 nitrogen and oxygen atoms in total. The van der Waals surface area contributed by atoms with Gasteiger partial charge < -0.3 is 29.6 Å². The average molecular weight is 511 g/mol. The van der Waals surface area contributed by atoms with Crippen LogP contribution in [0.1, 0.15) is 32.5 Å². The molecule has 0 spiro atoms. The second-order valence-corrected chi connectivity index (χ2v) is 7.64. The summed E-state index contributed by atoms with van der Waals surface area (Å²) in [6, 6.07) is 10.1. The maximum atomic E-state index is 12.8. The molecule has 0 radical (unpaired) electrons. The molecule has 0 saturated heterocycles. The van der Waals surface area contributed by atoms with E-state index >= 15 is 0 Å². The summed E-state index contributed by atoms with van der Waals surface area (Å²) in [5.41, 5.74) is 1.23. The van der Waals surface area contributed by atoms with Crippen LogP contribution >= 0.6 is 0 Å². The Morgan fingerprint density at radius 2 is 1.81 bits per heavy atom. The Labute approximate surface area is 214 Å². The highest BCUT2D eigenvalue weighted by Gasteiger charge is 2.21. The Morgan fingerprint density at radius 3 is 2.49 bits per heavy atom. The first-order chi connectivity index (χ1) is 17.9. The molecule has 1 aromatic heterocycles. The molecule has 37 heavy (non-hydrogen) atoms. The zero-order valence-corrected chi connectivity index (χ0v) is 21.3. The molecule has 1 unspecified atom stereocenters. The van der Waals surface area contributed by atoms with Gasteiger partial charge in [0.15, 0.2) is 17.2 Å². The lowest BCUT2D eigenvalue weighted by Gasteiger charge is -2.15. The zero-order chi connectivity index (χ0) is 26.8. The Hall–Kier alpha value is -4.61. The van der Waals surface area contributed by atoms with Gasteiger partial charge in [-0.15, -0.1) is 5.10 Å². The van der Waals surface area contributed by atoms with Crippen LogP contribution in [-0.4, -0.2) is 75.1 Å². The van der Waals surface area contributed by atoms with Crippen molar-refractivity contribution < 1.29 is 28.5 Å². The number of aromatic nitrogens is 3. The van der Waals surface area contributed by atoms with E-state index in [2.05, 4.69) is 25.9 Å². The fraction of sp³-hybridized carbons (Fsp3) is 0.320. The Kier molecular flexibility index (Phi) is 9.41. The molecule has 3 aromatic rings. The van der Waals surface area contributed by atoms with E-state index in [1.54, 1.807) is 32.5 Å². The van der Waals surface area contributed by atoms with Gasteiger partial charge in [0.25, 0.3) is 11.8 Å². The molecule has 1 atom stereocenters. The second-order valence-electron chi connectivity index (χ2n) is 7.64. The van der Waals surface area contributed by atoms with Gasteiger partial charge in [0.1, 0.15) is 5.75 Å². The highest BCUT2D eigenvalue weighted by molar-refractivity contribution is 5.98. The van der Waals surface area contributed by atoms with E-state index in [1.165, 1.54) is 32.2 Å². The number of nitrogens with zero attached hydrogens (tertiary/aromatic N) is 4. The SMILES string of the molecule is CN=CC(NC(=O)c1cn(CCNC(=O)c2ccc(OC)c(OC)c2OC)nn1)c1cccc(OC)c1. The van der Waals surface area contributed by atoms with E-state index in [0.29, 0.717) is 22.8 Å². The third kappa shape index (κ3) is 6.54. The number of amides is 2. The molecule has 1 heterocycles. The van der Waals surface area contributed by atoms with Gasteiger partial charge in [0, 0.05) is 19.8 Å². The number of nitrogens with one attached hydrogen (secondary N) is 2.